The third-order valence-electron chi connectivity index (χ3n) is 5.81. The number of para-hydroxylation sites is 1. The fourth-order valence-corrected chi connectivity index (χ4v) is 3.95. The van der Waals surface area contributed by atoms with Crippen LogP contribution in [0.25, 0.3) is 22.2 Å². The number of anilines is 4. The van der Waals surface area contributed by atoms with Gasteiger partial charge in [-0.2, -0.15) is 0 Å². The molecule has 0 atom stereocenters. The first-order valence-corrected chi connectivity index (χ1v) is 11.0. The van der Waals surface area contributed by atoms with E-state index in [1.807, 2.05) is 52.5 Å². The van der Waals surface area contributed by atoms with Crippen LogP contribution in [-0.4, -0.2) is 66.0 Å². The van der Waals surface area contributed by atoms with Gasteiger partial charge in [0.15, 0.2) is 0 Å². The number of benzene rings is 2. The second kappa shape index (κ2) is 9.98. The molecule has 178 valence electrons. The second-order valence-electron chi connectivity index (χ2n) is 8.47. The van der Waals surface area contributed by atoms with Gasteiger partial charge in [-0.3, -0.25) is 10.7 Å². The van der Waals surface area contributed by atoms with Crippen molar-refractivity contribution in [2.24, 2.45) is 7.05 Å². The molecule has 34 heavy (non-hydrogen) atoms. The van der Waals surface area contributed by atoms with E-state index in [4.69, 9.17) is 9.72 Å². The average molecular weight is 462 g/mol. The van der Waals surface area contributed by atoms with Crippen molar-refractivity contribution in [2.75, 3.05) is 57.0 Å². The van der Waals surface area contributed by atoms with Crippen LogP contribution < -0.4 is 20.4 Å². The number of nitrogens with zero attached hydrogens (tertiary/aromatic N) is 5. The van der Waals surface area contributed by atoms with Crippen LogP contribution in [0, 0.1) is 0 Å². The summed E-state index contributed by atoms with van der Waals surface area (Å²) in [6.07, 6.45) is 3.80. The maximum atomic E-state index is 9.81. The van der Waals surface area contributed by atoms with Crippen LogP contribution in [-0.2, 0) is 7.05 Å². The van der Waals surface area contributed by atoms with Crippen LogP contribution in [0.1, 0.15) is 0 Å². The lowest BCUT2D eigenvalue weighted by Crippen LogP contribution is -2.29. The number of aromatic nitrogens is 3. The van der Waals surface area contributed by atoms with E-state index in [-0.39, 0.29) is 0 Å². The van der Waals surface area contributed by atoms with Crippen LogP contribution in [0.15, 0.2) is 54.9 Å². The molecule has 0 saturated carbocycles. The van der Waals surface area contributed by atoms with Crippen LogP contribution in [0.2, 0.25) is 0 Å². The van der Waals surface area contributed by atoms with Gasteiger partial charge in [-0.25, -0.2) is 9.97 Å². The van der Waals surface area contributed by atoms with E-state index in [9.17, 15) is 5.21 Å². The topological polar surface area (TPSA) is 90.7 Å². The van der Waals surface area contributed by atoms with Crippen LogP contribution in [0.3, 0.4) is 0 Å². The first-order valence-electron chi connectivity index (χ1n) is 11.0. The Morgan fingerprint density at radius 3 is 2.59 bits per heavy atom. The molecule has 0 unspecified atom stereocenters. The van der Waals surface area contributed by atoms with E-state index >= 15 is 0 Å². The first-order chi connectivity index (χ1) is 16.4. The normalized spacial score (nSPS) is 11.1. The average Bonchev–Trinajstić information content (AvgIpc) is 3.19. The third kappa shape index (κ3) is 4.75. The molecular weight excluding hydrogens is 430 g/mol. The minimum Gasteiger partial charge on any atom is -0.494 e. The largest absolute Gasteiger partial charge is 0.494 e. The van der Waals surface area contributed by atoms with Crippen molar-refractivity contribution in [3.63, 3.8) is 0 Å². The number of hydrogen-bond donors (Lipinski definition) is 3. The Morgan fingerprint density at radius 2 is 1.85 bits per heavy atom. The highest BCUT2D eigenvalue weighted by atomic mass is 16.5. The van der Waals surface area contributed by atoms with Gasteiger partial charge in [0.05, 0.1) is 29.9 Å². The van der Waals surface area contributed by atoms with E-state index in [0.717, 1.165) is 40.9 Å². The summed E-state index contributed by atoms with van der Waals surface area (Å²) in [6, 6.07) is 13.8. The van der Waals surface area contributed by atoms with Gasteiger partial charge in [-0.05, 0) is 32.3 Å². The summed E-state index contributed by atoms with van der Waals surface area (Å²) in [4.78, 5) is 13.3. The molecule has 9 heteroatoms. The number of methoxy groups -OCH3 is 1. The molecule has 2 heterocycles. The zero-order chi connectivity index (χ0) is 24.2. The summed E-state index contributed by atoms with van der Waals surface area (Å²) in [5.74, 6) is 1.05. The minimum absolute atomic E-state index is 0.432. The number of ether oxygens (including phenoxy) is 1. The molecule has 0 fully saturated rings. The molecule has 0 spiro atoms. The van der Waals surface area contributed by atoms with E-state index in [0.29, 0.717) is 23.1 Å². The van der Waals surface area contributed by atoms with Gasteiger partial charge in [-0.15, -0.1) is 0 Å². The Hall–Kier alpha value is -3.82. The molecule has 0 aliphatic rings. The lowest BCUT2D eigenvalue weighted by molar-refractivity contribution is 0.388. The highest BCUT2D eigenvalue weighted by Crippen LogP contribution is 2.38. The molecule has 0 aliphatic heterocycles. The van der Waals surface area contributed by atoms with Gasteiger partial charge in [0.1, 0.15) is 5.75 Å². The molecule has 4 rings (SSSR count). The SMILES string of the molecule is COc1cc(N(C)CCN(C)C)c(NO)cc1Nc1nccc(-c2cn(C)c3ccccc23)n1. The van der Waals surface area contributed by atoms with Gasteiger partial charge >= 0.3 is 0 Å². The predicted molar refractivity (Wildman–Crippen MR) is 137 cm³/mol. The fourth-order valence-electron chi connectivity index (χ4n) is 3.95. The molecule has 3 N–H and O–H groups in total. The molecule has 4 aromatic rings. The Morgan fingerprint density at radius 1 is 1.06 bits per heavy atom. The van der Waals surface area contributed by atoms with E-state index in [1.54, 1.807) is 19.4 Å². The lowest BCUT2D eigenvalue weighted by Gasteiger charge is -2.25. The maximum absolute atomic E-state index is 9.81. The minimum atomic E-state index is 0.432. The molecule has 0 amide bonds. The maximum Gasteiger partial charge on any atom is 0.227 e. The summed E-state index contributed by atoms with van der Waals surface area (Å²) in [5.41, 5.74) is 7.30. The standard InChI is InChI=1S/C25H31N7O2/c1-30(2)12-13-31(3)23-15-24(34-5)21(14-20(23)29-33)28-25-26-11-10-19(27-25)18-16-32(4)22-9-7-6-8-17(18)22/h6-11,14-16,29,33H,12-13H2,1-5H3,(H,26,27,28). The van der Waals surface area contributed by atoms with Crippen LogP contribution >= 0.6 is 0 Å². The van der Waals surface area contributed by atoms with Crippen molar-refractivity contribution in [1.82, 2.24) is 19.4 Å². The summed E-state index contributed by atoms with van der Waals surface area (Å²) < 4.78 is 7.73. The quantitative estimate of drug-likeness (QED) is 0.320. The van der Waals surface area contributed by atoms with Crippen molar-refractivity contribution in [3.8, 4) is 17.0 Å². The molecule has 2 aromatic heterocycles. The zero-order valence-electron chi connectivity index (χ0n) is 20.2. The van der Waals surface area contributed by atoms with Crippen molar-refractivity contribution in [1.29, 1.82) is 0 Å². The Bertz CT molecular complexity index is 1290. The van der Waals surface area contributed by atoms with Crippen molar-refractivity contribution < 1.29 is 9.94 Å². The van der Waals surface area contributed by atoms with Gasteiger partial charge in [-0.1, -0.05) is 18.2 Å². The monoisotopic (exact) mass is 461 g/mol. The van der Waals surface area contributed by atoms with Crippen LogP contribution in [0.5, 0.6) is 5.75 Å². The summed E-state index contributed by atoms with van der Waals surface area (Å²) in [7, 11) is 9.67. The van der Waals surface area contributed by atoms with E-state index < -0.39 is 0 Å². The number of aryl methyl sites for hydroxylation is 1. The number of fused-ring (bicyclic) bond motifs is 1. The Balaban J connectivity index is 1.66. The van der Waals surface area contributed by atoms with Gasteiger partial charge in [0.2, 0.25) is 5.95 Å². The van der Waals surface area contributed by atoms with E-state index in [2.05, 4.69) is 48.5 Å². The van der Waals surface area contributed by atoms with Gasteiger partial charge in [0.25, 0.3) is 0 Å². The lowest BCUT2D eigenvalue weighted by atomic mass is 10.1. The molecular formula is C25H31N7O2. The van der Waals surface area contributed by atoms with Crippen molar-refractivity contribution in [3.05, 3.63) is 54.9 Å². The highest BCUT2D eigenvalue weighted by Gasteiger charge is 2.16. The number of rotatable bonds is 9. The first kappa shape index (κ1) is 23.3. The van der Waals surface area contributed by atoms with Crippen molar-refractivity contribution >= 4 is 33.9 Å². The number of hydrogen-bond acceptors (Lipinski definition) is 8. The van der Waals surface area contributed by atoms with Crippen molar-refractivity contribution in [2.45, 2.75) is 0 Å². The molecule has 2 aromatic carbocycles. The molecule has 0 saturated heterocycles. The van der Waals surface area contributed by atoms with Gasteiger partial charge in [0, 0.05) is 62.1 Å². The summed E-state index contributed by atoms with van der Waals surface area (Å²) >= 11 is 0. The molecule has 9 nitrogen and oxygen atoms in total. The summed E-state index contributed by atoms with van der Waals surface area (Å²) in [5, 5.41) is 14.2. The Labute approximate surface area is 199 Å². The third-order valence-corrected chi connectivity index (χ3v) is 5.81. The molecule has 0 radical (unpaired) electrons. The van der Waals surface area contributed by atoms with Gasteiger partial charge < -0.3 is 24.4 Å². The number of likely N-dealkylation sites (N-methyl/N-ethyl adjacent to an activating group) is 2. The highest BCUT2D eigenvalue weighted by molar-refractivity contribution is 5.95. The second-order valence-corrected chi connectivity index (χ2v) is 8.47. The smallest absolute Gasteiger partial charge is 0.227 e. The predicted octanol–water partition coefficient (Wildman–Crippen LogP) is 4.19. The summed E-state index contributed by atoms with van der Waals surface area (Å²) in [6.45, 7) is 1.66. The molecule has 0 aliphatic carbocycles. The zero-order valence-corrected chi connectivity index (χ0v) is 20.2. The van der Waals surface area contributed by atoms with Crippen LogP contribution in [0.4, 0.5) is 23.0 Å². The number of nitrogens with one attached hydrogen (secondary N) is 2. The molecule has 0 bridgehead atoms. The van der Waals surface area contributed by atoms with E-state index in [1.165, 1.54) is 0 Å². The Kier molecular flexibility index (Phi) is 6.85. The fraction of sp³-hybridized carbons (Fsp3) is 0.280.